The van der Waals surface area contributed by atoms with Crippen LogP contribution in [0.2, 0.25) is 0 Å². The zero-order chi connectivity index (χ0) is 9.14. The molecule has 1 rings (SSSR count). The third-order valence-electron chi connectivity index (χ3n) is 2.06. The lowest BCUT2D eigenvalue weighted by Gasteiger charge is -2.33. The number of ether oxygens (including phenoxy) is 1. The molecule has 1 saturated heterocycles. The lowest BCUT2D eigenvalue weighted by Crippen LogP contribution is -2.47. The van der Waals surface area contributed by atoms with Gasteiger partial charge < -0.3 is 14.9 Å². The molecule has 5 nitrogen and oxygen atoms in total. The highest BCUT2D eigenvalue weighted by molar-refractivity contribution is 4.89. The molecule has 1 fully saturated rings. The molecule has 0 aromatic heterocycles. The van der Waals surface area contributed by atoms with Crippen molar-refractivity contribution in [3.63, 3.8) is 0 Å². The molecule has 0 aromatic carbocycles. The van der Waals surface area contributed by atoms with E-state index in [-0.39, 0.29) is 12.7 Å². The Bertz CT molecular complexity index is 163. The van der Waals surface area contributed by atoms with Crippen molar-refractivity contribution in [1.29, 1.82) is 0 Å². The molecule has 0 aromatic rings. The van der Waals surface area contributed by atoms with Crippen LogP contribution >= 0.6 is 0 Å². The number of hydrogen-bond acceptors (Lipinski definition) is 5. The van der Waals surface area contributed by atoms with E-state index >= 15 is 0 Å². The largest absolute Gasteiger partial charge is 0.394 e. The summed E-state index contributed by atoms with van der Waals surface area (Å²) in [7, 11) is 0. The maximum atomic E-state index is 10.2. The Morgan fingerprint density at radius 2 is 2.33 bits per heavy atom. The summed E-state index contributed by atoms with van der Waals surface area (Å²) in [4.78, 5) is 10.2. The Kier molecular flexibility index (Phi) is 3.13. The van der Waals surface area contributed by atoms with E-state index in [9.17, 15) is 10.0 Å². The molecule has 4 atom stereocenters. The number of rotatable bonds is 2. The average Bonchev–Trinajstić information content (AvgIpc) is 2.03. The van der Waals surface area contributed by atoms with Crippen molar-refractivity contribution in [3.8, 4) is 0 Å². The predicted molar refractivity (Wildman–Crippen MR) is 41.6 cm³/mol. The Morgan fingerprint density at radius 3 is 2.83 bits per heavy atom. The van der Waals surface area contributed by atoms with Crippen molar-refractivity contribution < 1.29 is 14.9 Å². The maximum Gasteiger partial charge on any atom is 0.146 e. The highest BCUT2D eigenvalue weighted by Crippen LogP contribution is 2.21. The number of hydrogen-bond donors (Lipinski definition) is 2. The second kappa shape index (κ2) is 3.93. The number of nitrogens with zero attached hydrogens (tertiary/aromatic N) is 1. The first-order chi connectivity index (χ1) is 5.69. The molecule has 1 aliphatic heterocycles. The summed E-state index contributed by atoms with van der Waals surface area (Å²) in [5.74, 6) is 0. The molecule has 2 unspecified atom stereocenters. The maximum absolute atomic E-state index is 10.2. The quantitative estimate of drug-likeness (QED) is 0.562. The van der Waals surface area contributed by atoms with E-state index in [4.69, 9.17) is 9.84 Å². The molecule has 2 N–H and O–H groups in total. The molecular formula is C7H13NO4. The van der Waals surface area contributed by atoms with E-state index in [1.807, 2.05) is 0 Å². The van der Waals surface area contributed by atoms with Gasteiger partial charge in [-0.15, -0.1) is 0 Å². The van der Waals surface area contributed by atoms with E-state index in [0.29, 0.717) is 6.42 Å². The Balaban J connectivity index is 2.62. The van der Waals surface area contributed by atoms with Gasteiger partial charge in [0.05, 0.1) is 18.8 Å². The van der Waals surface area contributed by atoms with Crippen molar-refractivity contribution in [2.45, 2.75) is 37.7 Å². The zero-order valence-corrected chi connectivity index (χ0v) is 6.88. The van der Waals surface area contributed by atoms with Gasteiger partial charge in [0.25, 0.3) is 0 Å². The highest BCUT2D eigenvalue weighted by Gasteiger charge is 2.36. The van der Waals surface area contributed by atoms with Crippen LogP contribution in [-0.2, 0) is 4.74 Å². The lowest BCUT2D eigenvalue weighted by atomic mass is 9.97. The van der Waals surface area contributed by atoms with Crippen LogP contribution in [0.3, 0.4) is 0 Å². The third-order valence-corrected chi connectivity index (χ3v) is 2.06. The molecular weight excluding hydrogens is 162 g/mol. The summed E-state index contributed by atoms with van der Waals surface area (Å²) in [5, 5.41) is 20.9. The zero-order valence-electron chi connectivity index (χ0n) is 6.88. The summed E-state index contributed by atoms with van der Waals surface area (Å²) < 4.78 is 5.21. The number of nitroso groups, excluding NO2 is 1. The summed E-state index contributed by atoms with van der Waals surface area (Å²) in [6.07, 6.45) is -1.17. The standard InChI is InChI=1S/C7H13NO4/c1-4-2-5(10)7(8-11)6(3-9)12-4/h4-7,9-10H,2-3H2,1H3/t4-,5?,6?,7+/m1/s1. The molecule has 0 radical (unpaired) electrons. The monoisotopic (exact) mass is 175 g/mol. The first-order valence-corrected chi connectivity index (χ1v) is 3.96. The van der Waals surface area contributed by atoms with Crippen molar-refractivity contribution in [2.24, 2.45) is 5.18 Å². The van der Waals surface area contributed by atoms with E-state index in [1.165, 1.54) is 0 Å². The van der Waals surface area contributed by atoms with Crippen LogP contribution in [0, 0.1) is 4.91 Å². The molecule has 0 saturated carbocycles. The van der Waals surface area contributed by atoms with E-state index in [2.05, 4.69) is 5.18 Å². The second-order valence-corrected chi connectivity index (χ2v) is 3.07. The summed E-state index contributed by atoms with van der Waals surface area (Å²) in [5.41, 5.74) is 0. The van der Waals surface area contributed by atoms with Crippen LogP contribution in [0.25, 0.3) is 0 Å². The topological polar surface area (TPSA) is 79.1 Å². The first-order valence-electron chi connectivity index (χ1n) is 3.96. The van der Waals surface area contributed by atoms with Crippen molar-refractivity contribution in [2.75, 3.05) is 6.61 Å². The molecule has 5 heteroatoms. The van der Waals surface area contributed by atoms with Crippen LogP contribution in [0.15, 0.2) is 5.18 Å². The van der Waals surface area contributed by atoms with Gasteiger partial charge in [-0.1, -0.05) is 5.18 Å². The Hall–Kier alpha value is -0.520. The normalized spacial score (nSPS) is 42.6. The van der Waals surface area contributed by atoms with Gasteiger partial charge >= 0.3 is 0 Å². The van der Waals surface area contributed by atoms with Gasteiger partial charge in [0.15, 0.2) is 0 Å². The van der Waals surface area contributed by atoms with Gasteiger partial charge in [-0.2, -0.15) is 4.91 Å². The summed E-state index contributed by atoms with van der Waals surface area (Å²) in [6.45, 7) is 1.50. The molecule has 0 spiro atoms. The molecule has 1 aliphatic rings. The first kappa shape index (κ1) is 9.57. The molecule has 0 amide bonds. The van der Waals surface area contributed by atoms with Crippen molar-refractivity contribution >= 4 is 0 Å². The minimum absolute atomic E-state index is 0.129. The Morgan fingerprint density at radius 1 is 1.67 bits per heavy atom. The van der Waals surface area contributed by atoms with E-state index < -0.39 is 18.2 Å². The van der Waals surface area contributed by atoms with Gasteiger partial charge in [0.2, 0.25) is 0 Å². The van der Waals surface area contributed by atoms with Gasteiger partial charge in [0.1, 0.15) is 12.1 Å². The lowest BCUT2D eigenvalue weighted by molar-refractivity contribution is -0.117. The van der Waals surface area contributed by atoms with E-state index in [0.717, 1.165) is 0 Å². The van der Waals surface area contributed by atoms with Crippen LogP contribution < -0.4 is 0 Å². The van der Waals surface area contributed by atoms with Crippen LogP contribution in [-0.4, -0.2) is 41.2 Å². The van der Waals surface area contributed by atoms with Gasteiger partial charge in [0, 0.05) is 6.42 Å². The fraction of sp³-hybridized carbons (Fsp3) is 1.00. The van der Waals surface area contributed by atoms with Gasteiger partial charge in [-0.25, -0.2) is 0 Å². The van der Waals surface area contributed by atoms with Crippen molar-refractivity contribution in [1.82, 2.24) is 0 Å². The molecule has 1 heterocycles. The predicted octanol–water partition coefficient (Wildman–Crippen LogP) is -0.348. The molecule has 12 heavy (non-hydrogen) atoms. The number of aliphatic hydroxyl groups is 2. The van der Waals surface area contributed by atoms with Crippen molar-refractivity contribution in [3.05, 3.63) is 4.91 Å². The minimum atomic E-state index is -0.828. The SMILES string of the molecule is C[C@@H]1CC(O)[C@H](N=O)C(CO)O1. The molecule has 70 valence electrons. The van der Waals surface area contributed by atoms with Crippen LogP contribution in [0.4, 0.5) is 0 Å². The third kappa shape index (κ3) is 1.80. The average molecular weight is 175 g/mol. The number of aliphatic hydroxyl groups excluding tert-OH is 2. The van der Waals surface area contributed by atoms with Gasteiger partial charge in [-0.3, -0.25) is 0 Å². The van der Waals surface area contributed by atoms with Crippen LogP contribution in [0.1, 0.15) is 13.3 Å². The molecule has 0 bridgehead atoms. The van der Waals surface area contributed by atoms with Crippen LogP contribution in [0.5, 0.6) is 0 Å². The highest BCUT2D eigenvalue weighted by atomic mass is 16.5. The van der Waals surface area contributed by atoms with Gasteiger partial charge in [-0.05, 0) is 6.92 Å². The fourth-order valence-electron chi connectivity index (χ4n) is 1.45. The smallest absolute Gasteiger partial charge is 0.146 e. The summed E-state index contributed by atoms with van der Waals surface area (Å²) >= 11 is 0. The molecule has 0 aliphatic carbocycles. The summed E-state index contributed by atoms with van der Waals surface area (Å²) in [6, 6.07) is -0.828. The Labute approximate surface area is 70.3 Å². The second-order valence-electron chi connectivity index (χ2n) is 3.07. The van der Waals surface area contributed by atoms with E-state index in [1.54, 1.807) is 6.92 Å². The fourth-order valence-corrected chi connectivity index (χ4v) is 1.45. The minimum Gasteiger partial charge on any atom is -0.394 e.